The minimum absolute atomic E-state index is 0.00594. The van der Waals surface area contributed by atoms with Gasteiger partial charge in [0.15, 0.2) is 0 Å². The molecule has 8 nitrogen and oxygen atoms in total. The van der Waals surface area contributed by atoms with Crippen LogP contribution in [0.15, 0.2) is 6.08 Å². The number of H-pyrrole nitrogens is 1. The smallest absolute Gasteiger partial charge is 0.234 e. The number of hydrogen-bond acceptors (Lipinski definition) is 6. The largest absolute Gasteiger partial charge is 0.383 e. The quantitative estimate of drug-likeness (QED) is 0.645. The van der Waals surface area contributed by atoms with Crippen LogP contribution in [-0.2, 0) is 9.53 Å². The lowest BCUT2D eigenvalue weighted by atomic mass is 10.1. The molecule has 0 fully saturated rings. The summed E-state index contributed by atoms with van der Waals surface area (Å²) in [6.45, 7) is 2.96. The number of carbonyl (C=O) groups excluding carboxylic acids is 1. The Morgan fingerprint density at radius 1 is 1.63 bits per heavy atom. The van der Waals surface area contributed by atoms with E-state index in [9.17, 15) is 4.79 Å². The highest BCUT2D eigenvalue weighted by atomic mass is 16.5. The van der Waals surface area contributed by atoms with Gasteiger partial charge in [-0.1, -0.05) is 6.08 Å². The first-order valence-corrected chi connectivity index (χ1v) is 6.20. The van der Waals surface area contributed by atoms with Crippen molar-refractivity contribution >= 4 is 11.5 Å². The zero-order valence-corrected chi connectivity index (χ0v) is 10.9. The van der Waals surface area contributed by atoms with Gasteiger partial charge in [0.2, 0.25) is 11.7 Å². The van der Waals surface area contributed by atoms with Gasteiger partial charge in [-0.05, 0) is 11.6 Å². The van der Waals surface area contributed by atoms with Crippen LogP contribution in [0, 0.1) is 0 Å². The molecule has 0 saturated heterocycles. The first-order valence-electron chi connectivity index (χ1n) is 6.20. The Balaban J connectivity index is 1.80. The summed E-state index contributed by atoms with van der Waals surface area (Å²) in [7, 11) is 1.61. The fourth-order valence-corrected chi connectivity index (χ4v) is 1.95. The molecule has 1 aliphatic rings. The maximum Gasteiger partial charge on any atom is 0.234 e. The molecular formula is C11H18N6O2. The van der Waals surface area contributed by atoms with Gasteiger partial charge in [0.25, 0.3) is 0 Å². The molecule has 2 N–H and O–H groups in total. The van der Waals surface area contributed by atoms with Crippen LogP contribution in [0.1, 0.15) is 12.2 Å². The van der Waals surface area contributed by atoms with E-state index in [0.717, 1.165) is 18.5 Å². The molecule has 1 aromatic rings. The fourth-order valence-electron chi connectivity index (χ4n) is 1.95. The van der Waals surface area contributed by atoms with E-state index >= 15 is 0 Å². The summed E-state index contributed by atoms with van der Waals surface area (Å²) in [4.78, 5) is 13.8. The molecule has 1 amide bonds. The van der Waals surface area contributed by atoms with Crippen LogP contribution in [0.5, 0.6) is 0 Å². The van der Waals surface area contributed by atoms with Crippen molar-refractivity contribution in [1.82, 2.24) is 30.8 Å². The molecule has 0 spiro atoms. The molecule has 0 unspecified atom stereocenters. The minimum Gasteiger partial charge on any atom is -0.383 e. The lowest BCUT2D eigenvalue weighted by Crippen LogP contribution is -2.40. The predicted molar refractivity (Wildman–Crippen MR) is 68.1 cm³/mol. The van der Waals surface area contributed by atoms with Gasteiger partial charge < -0.3 is 10.1 Å². The number of amides is 1. The average molecular weight is 266 g/mol. The molecule has 19 heavy (non-hydrogen) atoms. The second kappa shape index (κ2) is 6.95. The molecular weight excluding hydrogens is 248 g/mol. The number of aromatic amines is 1. The monoisotopic (exact) mass is 266 g/mol. The highest BCUT2D eigenvalue weighted by Crippen LogP contribution is 2.16. The Morgan fingerprint density at radius 2 is 2.53 bits per heavy atom. The summed E-state index contributed by atoms with van der Waals surface area (Å²) >= 11 is 0. The fraction of sp³-hybridized carbons (Fsp3) is 0.636. The number of carbonyl (C=O) groups is 1. The summed E-state index contributed by atoms with van der Waals surface area (Å²) in [5, 5.41) is 16.7. The van der Waals surface area contributed by atoms with E-state index in [1.54, 1.807) is 7.11 Å². The number of hydrogen-bond donors (Lipinski definition) is 2. The van der Waals surface area contributed by atoms with Crippen LogP contribution in [0.25, 0.3) is 5.57 Å². The van der Waals surface area contributed by atoms with Crippen LogP contribution < -0.4 is 5.32 Å². The van der Waals surface area contributed by atoms with Gasteiger partial charge in [-0.3, -0.25) is 9.69 Å². The first-order chi connectivity index (χ1) is 9.29. The average Bonchev–Trinajstić information content (AvgIpc) is 2.93. The molecule has 104 valence electrons. The van der Waals surface area contributed by atoms with Crippen molar-refractivity contribution in [2.75, 3.05) is 39.9 Å². The van der Waals surface area contributed by atoms with Crippen molar-refractivity contribution in [3.63, 3.8) is 0 Å². The van der Waals surface area contributed by atoms with E-state index in [1.807, 2.05) is 0 Å². The molecule has 1 aromatic heterocycles. The van der Waals surface area contributed by atoms with E-state index in [1.165, 1.54) is 0 Å². The van der Waals surface area contributed by atoms with E-state index in [2.05, 4.69) is 36.9 Å². The van der Waals surface area contributed by atoms with E-state index in [0.29, 0.717) is 32.1 Å². The number of ether oxygens (including phenoxy) is 1. The Bertz CT molecular complexity index is 430. The van der Waals surface area contributed by atoms with Crippen molar-refractivity contribution in [3.05, 3.63) is 11.9 Å². The van der Waals surface area contributed by atoms with Crippen LogP contribution in [0.3, 0.4) is 0 Å². The van der Waals surface area contributed by atoms with Gasteiger partial charge >= 0.3 is 0 Å². The Kier molecular flexibility index (Phi) is 4.99. The van der Waals surface area contributed by atoms with E-state index in [4.69, 9.17) is 4.74 Å². The zero-order chi connectivity index (χ0) is 13.5. The van der Waals surface area contributed by atoms with Gasteiger partial charge in [0.1, 0.15) is 0 Å². The predicted octanol–water partition coefficient (Wildman–Crippen LogP) is -0.949. The maximum atomic E-state index is 11.7. The number of aromatic nitrogens is 4. The molecule has 0 aliphatic carbocycles. The van der Waals surface area contributed by atoms with Crippen LogP contribution in [0.4, 0.5) is 0 Å². The second-order valence-electron chi connectivity index (χ2n) is 4.31. The second-order valence-corrected chi connectivity index (χ2v) is 4.31. The molecule has 0 bridgehead atoms. The molecule has 0 atom stereocenters. The van der Waals surface area contributed by atoms with Gasteiger partial charge in [0.05, 0.1) is 13.2 Å². The number of tetrazole rings is 1. The van der Waals surface area contributed by atoms with Crippen LogP contribution in [0.2, 0.25) is 0 Å². The molecule has 8 heteroatoms. The molecule has 0 radical (unpaired) electrons. The normalized spacial score (nSPS) is 16.2. The zero-order valence-electron chi connectivity index (χ0n) is 10.9. The van der Waals surface area contributed by atoms with Crippen molar-refractivity contribution in [1.29, 1.82) is 0 Å². The maximum absolute atomic E-state index is 11.7. The minimum atomic E-state index is 0.00594. The highest BCUT2D eigenvalue weighted by molar-refractivity contribution is 5.78. The summed E-state index contributed by atoms with van der Waals surface area (Å²) in [6, 6.07) is 0. The lowest BCUT2D eigenvalue weighted by molar-refractivity contribution is -0.122. The number of nitrogens with zero attached hydrogens (tertiary/aromatic N) is 4. The Hall–Kier alpha value is -1.80. The van der Waals surface area contributed by atoms with Gasteiger partial charge in [0, 0.05) is 32.3 Å². The first kappa shape index (κ1) is 13.6. The van der Waals surface area contributed by atoms with Crippen molar-refractivity contribution in [2.45, 2.75) is 6.42 Å². The number of nitrogens with one attached hydrogen (secondary N) is 2. The van der Waals surface area contributed by atoms with Gasteiger partial charge in [-0.15, -0.1) is 10.2 Å². The molecule has 0 aromatic carbocycles. The summed E-state index contributed by atoms with van der Waals surface area (Å²) in [6.07, 6.45) is 2.97. The third-order valence-electron chi connectivity index (χ3n) is 2.86. The van der Waals surface area contributed by atoms with Crippen LogP contribution in [-0.4, -0.2) is 71.3 Å². The SMILES string of the molecule is COCCNC(=O)CN1CCC=C(c2nn[nH]n2)C1. The van der Waals surface area contributed by atoms with Crippen molar-refractivity contribution < 1.29 is 9.53 Å². The lowest BCUT2D eigenvalue weighted by Gasteiger charge is -2.25. The van der Waals surface area contributed by atoms with Crippen molar-refractivity contribution in [2.24, 2.45) is 0 Å². The topological polar surface area (TPSA) is 96.0 Å². The van der Waals surface area contributed by atoms with Gasteiger partial charge in [-0.25, -0.2) is 0 Å². The number of methoxy groups -OCH3 is 1. The molecule has 0 saturated carbocycles. The van der Waals surface area contributed by atoms with E-state index < -0.39 is 0 Å². The third-order valence-corrected chi connectivity index (χ3v) is 2.86. The summed E-state index contributed by atoms with van der Waals surface area (Å²) in [5.74, 6) is 0.607. The van der Waals surface area contributed by atoms with Crippen LogP contribution >= 0.6 is 0 Å². The molecule has 2 rings (SSSR count). The Morgan fingerprint density at radius 3 is 3.26 bits per heavy atom. The van der Waals surface area contributed by atoms with E-state index in [-0.39, 0.29) is 5.91 Å². The highest BCUT2D eigenvalue weighted by Gasteiger charge is 2.18. The third kappa shape index (κ3) is 4.11. The summed E-state index contributed by atoms with van der Waals surface area (Å²) in [5.41, 5.74) is 1.00. The van der Waals surface area contributed by atoms with Crippen molar-refractivity contribution in [3.8, 4) is 0 Å². The molecule has 1 aliphatic heterocycles. The Labute approximate surface area is 111 Å². The van der Waals surface area contributed by atoms with Gasteiger partial charge in [-0.2, -0.15) is 5.21 Å². The standard InChI is InChI=1S/C11H18N6O2/c1-19-6-4-12-10(18)8-17-5-2-3-9(7-17)11-13-15-16-14-11/h3H,2,4-8H2,1H3,(H,12,18)(H,13,14,15,16). The molecule has 2 heterocycles. The summed E-state index contributed by atoms with van der Waals surface area (Å²) < 4.78 is 4.88. The number of rotatable bonds is 6.